The van der Waals surface area contributed by atoms with Crippen molar-refractivity contribution in [1.82, 2.24) is 0 Å². The van der Waals surface area contributed by atoms with Gasteiger partial charge in [-0.25, -0.2) is 0 Å². The highest BCUT2D eigenvalue weighted by atomic mass is 32.1. The molecule has 1 amide bonds. The number of ether oxygens (including phenoxy) is 1. The van der Waals surface area contributed by atoms with Crippen LogP contribution in [0.3, 0.4) is 0 Å². The zero-order valence-electron chi connectivity index (χ0n) is 9.44. The van der Waals surface area contributed by atoms with Crippen LogP contribution in [0.5, 0.6) is 0 Å². The minimum Gasteiger partial charge on any atom is -0.368 e. The van der Waals surface area contributed by atoms with Crippen molar-refractivity contribution in [2.45, 2.75) is 31.8 Å². The number of nitriles is 1. The summed E-state index contributed by atoms with van der Waals surface area (Å²) in [6.45, 7) is 0.0768. The molecule has 1 heterocycles. The van der Waals surface area contributed by atoms with Crippen molar-refractivity contribution in [3.8, 4) is 6.07 Å². The van der Waals surface area contributed by atoms with Crippen LogP contribution in [0, 0.1) is 11.3 Å². The Bertz CT molecular complexity index is 430. The zero-order valence-corrected chi connectivity index (χ0v) is 10.3. The molecule has 0 radical (unpaired) electrons. The summed E-state index contributed by atoms with van der Waals surface area (Å²) in [4.78, 5) is 11.6. The minimum atomic E-state index is -0.184. The molecule has 1 saturated carbocycles. The lowest BCUT2D eigenvalue weighted by Crippen LogP contribution is -2.21. The summed E-state index contributed by atoms with van der Waals surface area (Å²) in [5.41, 5.74) is 0.504. The standard InChI is InChI=1S/C12H14N2O2S/c13-7-9-5-6-17-12(9)14-11(15)8-16-10-3-1-2-4-10/h5-6,10H,1-4,8H2,(H,14,15). The molecule has 1 fully saturated rings. The number of thiophene rings is 1. The maximum absolute atomic E-state index is 11.6. The predicted molar refractivity (Wildman–Crippen MR) is 65.9 cm³/mol. The first kappa shape index (κ1) is 12.1. The van der Waals surface area contributed by atoms with Gasteiger partial charge in [0.25, 0.3) is 5.91 Å². The maximum atomic E-state index is 11.6. The average molecular weight is 250 g/mol. The smallest absolute Gasteiger partial charge is 0.251 e. The summed E-state index contributed by atoms with van der Waals surface area (Å²) in [5, 5.41) is 13.9. The van der Waals surface area contributed by atoms with Crippen LogP contribution < -0.4 is 5.32 Å². The Labute approximate surface area is 104 Å². The number of nitrogens with one attached hydrogen (secondary N) is 1. The van der Waals surface area contributed by atoms with E-state index in [2.05, 4.69) is 5.32 Å². The van der Waals surface area contributed by atoms with Gasteiger partial charge < -0.3 is 10.1 Å². The molecule has 1 aromatic rings. The van der Waals surface area contributed by atoms with E-state index >= 15 is 0 Å². The zero-order chi connectivity index (χ0) is 12.1. The number of carbonyl (C=O) groups excluding carboxylic acids is 1. The normalized spacial score (nSPS) is 15.7. The number of carbonyl (C=O) groups is 1. The molecule has 4 nitrogen and oxygen atoms in total. The largest absolute Gasteiger partial charge is 0.368 e. The van der Waals surface area contributed by atoms with E-state index in [0.717, 1.165) is 12.8 Å². The third-order valence-corrected chi connectivity index (χ3v) is 3.62. The van der Waals surface area contributed by atoms with Gasteiger partial charge in [-0.1, -0.05) is 12.8 Å². The van der Waals surface area contributed by atoms with Gasteiger partial charge in [-0.2, -0.15) is 5.26 Å². The second kappa shape index (κ2) is 5.80. The molecule has 5 heteroatoms. The molecule has 2 rings (SSSR count). The number of anilines is 1. The van der Waals surface area contributed by atoms with Gasteiger partial charge in [0.1, 0.15) is 17.7 Å². The summed E-state index contributed by atoms with van der Waals surface area (Å²) in [6, 6.07) is 3.73. The second-order valence-electron chi connectivity index (χ2n) is 4.04. The summed E-state index contributed by atoms with van der Waals surface area (Å²) in [5.74, 6) is -0.184. The maximum Gasteiger partial charge on any atom is 0.251 e. The minimum absolute atomic E-state index is 0.0768. The van der Waals surface area contributed by atoms with Crippen molar-refractivity contribution in [3.05, 3.63) is 17.0 Å². The van der Waals surface area contributed by atoms with E-state index in [0.29, 0.717) is 10.6 Å². The Kier molecular flexibility index (Phi) is 4.13. The highest BCUT2D eigenvalue weighted by Crippen LogP contribution is 2.23. The monoisotopic (exact) mass is 250 g/mol. The molecule has 0 bridgehead atoms. The highest BCUT2D eigenvalue weighted by molar-refractivity contribution is 7.14. The van der Waals surface area contributed by atoms with E-state index in [1.807, 2.05) is 6.07 Å². The summed E-state index contributed by atoms with van der Waals surface area (Å²) < 4.78 is 5.50. The lowest BCUT2D eigenvalue weighted by Gasteiger charge is -2.10. The number of amides is 1. The van der Waals surface area contributed by atoms with Crippen molar-refractivity contribution in [3.63, 3.8) is 0 Å². The van der Waals surface area contributed by atoms with E-state index < -0.39 is 0 Å². The molecule has 0 atom stereocenters. The third-order valence-electron chi connectivity index (χ3n) is 2.79. The second-order valence-corrected chi connectivity index (χ2v) is 4.96. The fourth-order valence-corrected chi connectivity index (χ4v) is 2.66. The van der Waals surface area contributed by atoms with Gasteiger partial charge in [-0.15, -0.1) is 11.3 Å². The first-order valence-corrected chi connectivity index (χ1v) is 6.56. The lowest BCUT2D eigenvalue weighted by atomic mass is 10.3. The Morgan fingerprint density at radius 2 is 2.35 bits per heavy atom. The van der Waals surface area contributed by atoms with Crippen molar-refractivity contribution in [2.24, 2.45) is 0 Å². The summed E-state index contributed by atoms with van der Waals surface area (Å²) >= 11 is 1.35. The van der Waals surface area contributed by atoms with Crippen LogP contribution in [-0.4, -0.2) is 18.6 Å². The molecule has 0 aromatic carbocycles. The van der Waals surface area contributed by atoms with Crippen LogP contribution in [0.4, 0.5) is 5.00 Å². The van der Waals surface area contributed by atoms with E-state index in [4.69, 9.17) is 10.00 Å². The molecular weight excluding hydrogens is 236 g/mol. The number of nitrogens with zero attached hydrogens (tertiary/aromatic N) is 1. The van der Waals surface area contributed by atoms with Gasteiger partial charge in [0.05, 0.1) is 11.7 Å². The first-order chi connectivity index (χ1) is 8.29. The van der Waals surface area contributed by atoms with E-state index in [9.17, 15) is 4.79 Å². The predicted octanol–water partition coefficient (Wildman–Crippen LogP) is 2.52. The average Bonchev–Trinajstić information content (AvgIpc) is 2.97. The van der Waals surface area contributed by atoms with Gasteiger partial charge in [-0.3, -0.25) is 4.79 Å². The first-order valence-electron chi connectivity index (χ1n) is 5.68. The van der Waals surface area contributed by atoms with Crippen molar-refractivity contribution >= 4 is 22.2 Å². The van der Waals surface area contributed by atoms with Crippen LogP contribution in [0.25, 0.3) is 0 Å². The fraction of sp³-hybridized carbons (Fsp3) is 0.500. The fourth-order valence-electron chi connectivity index (χ4n) is 1.91. The molecule has 0 unspecified atom stereocenters. The van der Waals surface area contributed by atoms with Crippen molar-refractivity contribution in [1.29, 1.82) is 5.26 Å². The molecule has 90 valence electrons. The highest BCUT2D eigenvalue weighted by Gasteiger charge is 2.17. The van der Waals surface area contributed by atoms with Gasteiger partial charge in [0.2, 0.25) is 0 Å². The van der Waals surface area contributed by atoms with Crippen LogP contribution in [0.2, 0.25) is 0 Å². The Morgan fingerprint density at radius 3 is 3.06 bits per heavy atom. The molecule has 0 aliphatic heterocycles. The molecule has 0 spiro atoms. The molecule has 1 aliphatic rings. The van der Waals surface area contributed by atoms with E-state index in [-0.39, 0.29) is 18.6 Å². The number of rotatable bonds is 4. The van der Waals surface area contributed by atoms with Crippen molar-refractivity contribution in [2.75, 3.05) is 11.9 Å². The van der Waals surface area contributed by atoms with Crippen LogP contribution in [0.1, 0.15) is 31.2 Å². The van der Waals surface area contributed by atoms with E-state index in [1.54, 1.807) is 11.4 Å². The number of hydrogen-bond acceptors (Lipinski definition) is 4. The molecule has 1 aliphatic carbocycles. The summed E-state index contributed by atoms with van der Waals surface area (Å²) in [6.07, 6.45) is 4.72. The third kappa shape index (κ3) is 3.29. The number of hydrogen-bond donors (Lipinski definition) is 1. The van der Waals surface area contributed by atoms with Gasteiger partial charge in [-0.05, 0) is 24.3 Å². The molecular formula is C12H14N2O2S. The van der Waals surface area contributed by atoms with Crippen LogP contribution in [-0.2, 0) is 9.53 Å². The molecule has 1 N–H and O–H groups in total. The van der Waals surface area contributed by atoms with Gasteiger partial charge >= 0.3 is 0 Å². The molecule has 17 heavy (non-hydrogen) atoms. The van der Waals surface area contributed by atoms with Gasteiger partial charge in [0, 0.05) is 0 Å². The summed E-state index contributed by atoms with van der Waals surface area (Å²) in [7, 11) is 0. The lowest BCUT2D eigenvalue weighted by molar-refractivity contribution is -0.122. The molecule has 1 aromatic heterocycles. The topological polar surface area (TPSA) is 62.1 Å². The van der Waals surface area contributed by atoms with Gasteiger partial charge in [0.15, 0.2) is 0 Å². The Hall–Kier alpha value is -1.38. The molecule has 0 saturated heterocycles. The van der Waals surface area contributed by atoms with Crippen LogP contribution in [0.15, 0.2) is 11.4 Å². The van der Waals surface area contributed by atoms with Crippen molar-refractivity contribution < 1.29 is 9.53 Å². The quantitative estimate of drug-likeness (QED) is 0.893. The SMILES string of the molecule is N#Cc1ccsc1NC(=O)COC1CCCC1. The van der Waals surface area contributed by atoms with E-state index in [1.165, 1.54) is 24.2 Å². The van der Waals surface area contributed by atoms with Crippen LogP contribution >= 0.6 is 11.3 Å². The Morgan fingerprint density at radius 1 is 1.59 bits per heavy atom. The Balaban J connectivity index is 1.79.